The summed E-state index contributed by atoms with van der Waals surface area (Å²) in [5.74, 6) is -0.493. The molecule has 2 N–H and O–H groups in total. The Kier molecular flexibility index (Phi) is 6.47. The number of rotatable bonds is 6. The van der Waals surface area contributed by atoms with Crippen LogP contribution in [0.1, 0.15) is 39.6 Å². The fraction of sp³-hybridized carbons (Fsp3) is 0.211. The van der Waals surface area contributed by atoms with Gasteiger partial charge in [-0.2, -0.15) is 0 Å². The third-order valence-corrected chi connectivity index (χ3v) is 4.15. The molecule has 0 aromatic heterocycles. The Bertz CT molecular complexity index is 801. The minimum atomic E-state index is -0.275. The van der Waals surface area contributed by atoms with Crippen LogP contribution < -0.4 is 10.6 Å². The van der Waals surface area contributed by atoms with Gasteiger partial charge in [0.2, 0.25) is 5.91 Å². The van der Waals surface area contributed by atoms with Crippen LogP contribution in [0.4, 0.5) is 5.69 Å². The van der Waals surface area contributed by atoms with Gasteiger partial charge in [0.25, 0.3) is 5.91 Å². The molecule has 0 fully saturated rings. The summed E-state index contributed by atoms with van der Waals surface area (Å²) in [7, 11) is 0. The highest BCUT2D eigenvalue weighted by atomic mass is 79.9. The van der Waals surface area contributed by atoms with E-state index in [9.17, 15) is 14.4 Å². The molecular formula is C19H19BrN2O3. The molecule has 6 heteroatoms. The van der Waals surface area contributed by atoms with E-state index in [0.717, 1.165) is 15.7 Å². The number of carbonyl (C=O) groups is 3. The van der Waals surface area contributed by atoms with Crippen molar-refractivity contribution in [2.24, 2.45) is 0 Å². The fourth-order valence-electron chi connectivity index (χ4n) is 2.23. The number of carbonyl (C=O) groups excluding carboxylic acids is 3. The van der Waals surface area contributed by atoms with Crippen LogP contribution in [0, 0.1) is 6.92 Å². The molecule has 0 unspecified atom stereocenters. The Morgan fingerprint density at radius 1 is 1.00 bits per heavy atom. The van der Waals surface area contributed by atoms with E-state index in [1.807, 2.05) is 25.1 Å². The van der Waals surface area contributed by atoms with Gasteiger partial charge in [-0.1, -0.05) is 28.1 Å². The lowest BCUT2D eigenvalue weighted by molar-refractivity contribution is -0.116. The van der Waals surface area contributed by atoms with Crippen molar-refractivity contribution in [1.82, 2.24) is 5.32 Å². The maximum Gasteiger partial charge on any atom is 0.251 e. The largest absolute Gasteiger partial charge is 0.352 e. The fourth-order valence-corrected chi connectivity index (χ4v) is 2.70. The van der Waals surface area contributed by atoms with Crippen LogP contribution in [0.2, 0.25) is 0 Å². The van der Waals surface area contributed by atoms with E-state index in [4.69, 9.17) is 0 Å². The summed E-state index contributed by atoms with van der Waals surface area (Å²) in [4.78, 5) is 35.2. The third kappa shape index (κ3) is 5.53. The summed E-state index contributed by atoms with van der Waals surface area (Å²) in [6, 6.07) is 12.0. The minimum absolute atomic E-state index is 0.0492. The van der Waals surface area contributed by atoms with Gasteiger partial charge in [0.15, 0.2) is 5.78 Å². The lowest BCUT2D eigenvalue weighted by atomic mass is 10.1. The molecule has 5 nitrogen and oxygen atoms in total. The summed E-state index contributed by atoms with van der Waals surface area (Å²) in [5.41, 5.74) is 2.71. The number of aryl methyl sites for hydroxylation is 1. The van der Waals surface area contributed by atoms with Crippen LogP contribution in [0.5, 0.6) is 0 Å². The number of halogens is 1. The average Bonchev–Trinajstić information content (AvgIpc) is 2.57. The highest BCUT2D eigenvalue weighted by molar-refractivity contribution is 9.10. The molecule has 0 saturated heterocycles. The van der Waals surface area contributed by atoms with Gasteiger partial charge in [-0.25, -0.2) is 0 Å². The number of Topliss-reactive ketones (excluding diaryl/α,β-unsaturated/α-hetero) is 1. The lowest BCUT2D eigenvalue weighted by Gasteiger charge is -2.09. The Morgan fingerprint density at radius 3 is 2.24 bits per heavy atom. The molecule has 0 saturated carbocycles. The quantitative estimate of drug-likeness (QED) is 0.722. The number of anilines is 1. The van der Waals surface area contributed by atoms with Crippen molar-refractivity contribution < 1.29 is 14.4 Å². The molecule has 0 radical (unpaired) electrons. The van der Waals surface area contributed by atoms with Crippen molar-refractivity contribution in [1.29, 1.82) is 0 Å². The van der Waals surface area contributed by atoms with Gasteiger partial charge in [0.1, 0.15) is 0 Å². The average molecular weight is 403 g/mol. The second kappa shape index (κ2) is 8.58. The van der Waals surface area contributed by atoms with E-state index in [2.05, 4.69) is 26.6 Å². The van der Waals surface area contributed by atoms with Gasteiger partial charge in [-0.05, 0) is 49.7 Å². The summed E-state index contributed by atoms with van der Waals surface area (Å²) in [5, 5.41) is 5.52. The maximum absolute atomic E-state index is 12.0. The zero-order valence-corrected chi connectivity index (χ0v) is 15.6. The zero-order valence-electron chi connectivity index (χ0n) is 14.1. The number of hydrogen-bond donors (Lipinski definition) is 2. The molecule has 2 aromatic rings. The first-order valence-corrected chi connectivity index (χ1v) is 8.61. The number of benzene rings is 2. The van der Waals surface area contributed by atoms with Crippen molar-refractivity contribution in [3.63, 3.8) is 0 Å². The second-order valence-corrected chi connectivity index (χ2v) is 6.56. The molecular weight excluding hydrogens is 384 g/mol. The Balaban J connectivity index is 1.82. The monoisotopic (exact) mass is 402 g/mol. The third-order valence-electron chi connectivity index (χ3n) is 3.65. The maximum atomic E-state index is 12.0. The van der Waals surface area contributed by atoms with Crippen LogP contribution in [-0.4, -0.2) is 24.1 Å². The molecule has 0 aliphatic carbocycles. The molecule has 0 atom stereocenters. The van der Waals surface area contributed by atoms with E-state index >= 15 is 0 Å². The Morgan fingerprint density at radius 2 is 1.64 bits per heavy atom. The van der Waals surface area contributed by atoms with Gasteiger partial charge in [-0.15, -0.1) is 0 Å². The zero-order chi connectivity index (χ0) is 18.4. The molecule has 0 spiro atoms. The molecule has 2 amide bonds. The number of nitrogens with one attached hydrogen (secondary N) is 2. The van der Waals surface area contributed by atoms with Gasteiger partial charge in [0.05, 0.1) is 0 Å². The van der Waals surface area contributed by atoms with Crippen molar-refractivity contribution in [2.75, 3.05) is 11.9 Å². The first kappa shape index (κ1) is 18.9. The van der Waals surface area contributed by atoms with E-state index in [1.54, 1.807) is 24.3 Å². The van der Waals surface area contributed by atoms with E-state index in [-0.39, 0.29) is 30.6 Å². The van der Waals surface area contributed by atoms with E-state index in [1.165, 1.54) is 6.92 Å². The van der Waals surface area contributed by atoms with Crippen molar-refractivity contribution in [3.8, 4) is 0 Å². The Labute approximate surface area is 154 Å². The van der Waals surface area contributed by atoms with Crippen LogP contribution in [0.15, 0.2) is 46.9 Å². The van der Waals surface area contributed by atoms with Crippen molar-refractivity contribution >= 4 is 39.2 Å². The van der Waals surface area contributed by atoms with Gasteiger partial charge < -0.3 is 10.6 Å². The van der Waals surface area contributed by atoms with Crippen LogP contribution >= 0.6 is 15.9 Å². The predicted octanol–water partition coefficient (Wildman–Crippen LogP) is 3.72. The lowest BCUT2D eigenvalue weighted by Crippen LogP contribution is -2.27. The molecule has 0 aliphatic heterocycles. The van der Waals surface area contributed by atoms with Crippen LogP contribution in [0.3, 0.4) is 0 Å². The molecule has 0 heterocycles. The van der Waals surface area contributed by atoms with Gasteiger partial charge in [0, 0.05) is 34.3 Å². The molecule has 0 aliphatic rings. The number of ketones is 1. The van der Waals surface area contributed by atoms with E-state index < -0.39 is 0 Å². The molecule has 130 valence electrons. The first-order valence-electron chi connectivity index (χ1n) is 7.82. The highest BCUT2D eigenvalue weighted by Crippen LogP contribution is 2.20. The highest BCUT2D eigenvalue weighted by Gasteiger charge is 2.09. The topological polar surface area (TPSA) is 75.3 Å². The van der Waals surface area contributed by atoms with E-state index in [0.29, 0.717) is 11.1 Å². The predicted molar refractivity (Wildman–Crippen MR) is 101 cm³/mol. The van der Waals surface area contributed by atoms with Crippen LogP contribution in [0.25, 0.3) is 0 Å². The standard InChI is InChI=1S/C19H19BrN2O3/c1-12-11-16(20)7-8-17(12)22-18(24)9-10-21-19(25)15-5-3-14(4-6-15)13(2)23/h3-8,11H,9-10H2,1-2H3,(H,21,25)(H,22,24). The normalized spacial score (nSPS) is 10.2. The van der Waals surface area contributed by atoms with Crippen molar-refractivity contribution in [2.45, 2.75) is 20.3 Å². The van der Waals surface area contributed by atoms with Gasteiger partial charge >= 0.3 is 0 Å². The molecule has 2 aromatic carbocycles. The Hall–Kier alpha value is -2.47. The smallest absolute Gasteiger partial charge is 0.251 e. The van der Waals surface area contributed by atoms with Crippen LogP contribution in [-0.2, 0) is 4.79 Å². The summed E-state index contributed by atoms with van der Waals surface area (Å²) in [6.45, 7) is 3.61. The second-order valence-electron chi connectivity index (χ2n) is 5.65. The first-order chi connectivity index (χ1) is 11.9. The minimum Gasteiger partial charge on any atom is -0.352 e. The molecule has 25 heavy (non-hydrogen) atoms. The summed E-state index contributed by atoms with van der Waals surface area (Å²) >= 11 is 3.38. The summed E-state index contributed by atoms with van der Waals surface area (Å²) in [6.07, 6.45) is 0.173. The number of amides is 2. The van der Waals surface area contributed by atoms with Gasteiger partial charge in [-0.3, -0.25) is 14.4 Å². The molecule has 2 rings (SSSR count). The summed E-state index contributed by atoms with van der Waals surface area (Å²) < 4.78 is 0.950. The van der Waals surface area contributed by atoms with Crippen molar-refractivity contribution in [3.05, 3.63) is 63.6 Å². The molecule has 0 bridgehead atoms. The SMILES string of the molecule is CC(=O)c1ccc(C(=O)NCCC(=O)Nc2ccc(Br)cc2C)cc1. The number of hydrogen-bond acceptors (Lipinski definition) is 3.